The molecule has 1 heterocycles. The van der Waals surface area contributed by atoms with E-state index < -0.39 is 0 Å². The Bertz CT molecular complexity index is 557. The Morgan fingerprint density at radius 1 is 1.47 bits per heavy atom. The van der Waals surface area contributed by atoms with E-state index in [0.29, 0.717) is 23.5 Å². The second-order valence-corrected chi connectivity index (χ2v) is 3.97. The third kappa shape index (κ3) is 2.11. The lowest BCUT2D eigenvalue weighted by Crippen LogP contribution is -2.24. The Hall–Kier alpha value is -1.97. The normalized spacial score (nSPS) is 10.7. The SMILES string of the molecule is CCCNC(=O)c1c(C)oc2cc(O)ccc12. The molecule has 4 nitrogen and oxygen atoms in total. The molecule has 1 aromatic heterocycles. The van der Waals surface area contributed by atoms with Gasteiger partial charge in [0.2, 0.25) is 0 Å². The second-order valence-electron chi connectivity index (χ2n) is 3.97. The molecule has 0 radical (unpaired) electrons. The number of aryl methyl sites for hydroxylation is 1. The van der Waals surface area contributed by atoms with E-state index in [-0.39, 0.29) is 11.7 Å². The third-order valence-electron chi connectivity index (χ3n) is 2.61. The van der Waals surface area contributed by atoms with Crippen LogP contribution in [0.2, 0.25) is 0 Å². The first-order chi connectivity index (χ1) is 8.13. The van der Waals surface area contributed by atoms with Crippen LogP contribution in [0.3, 0.4) is 0 Å². The van der Waals surface area contributed by atoms with Crippen LogP contribution in [-0.4, -0.2) is 17.6 Å². The molecule has 0 fully saturated rings. The van der Waals surface area contributed by atoms with Crippen LogP contribution in [0.15, 0.2) is 22.6 Å². The lowest BCUT2D eigenvalue weighted by molar-refractivity contribution is 0.0953. The van der Waals surface area contributed by atoms with Gasteiger partial charge in [0.15, 0.2) is 0 Å². The van der Waals surface area contributed by atoms with Gasteiger partial charge in [0.25, 0.3) is 5.91 Å². The number of phenolic OH excluding ortho intramolecular Hbond substituents is 1. The van der Waals surface area contributed by atoms with E-state index in [2.05, 4.69) is 5.32 Å². The van der Waals surface area contributed by atoms with E-state index in [0.717, 1.165) is 11.8 Å². The number of hydrogen-bond acceptors (Lipinski definition) is 3. The molecule has 2 N–H and O–H groups in total. The van der Waals surface area contributed by atoms with Crippen LogP contribution in [0.5, 0.6) is 5.75 Å². The lowest BCUT2D eigenvalue weighted by Gasteiger charge is -2.02. The molecule has 2 aromatic rings. The smallest absolute Gasteiger partial charge is 0.255 e. The van der Waals surface area contributed by atoms with Gasteiger partial charge >= 0.3 is 0 Å². The molecule has 0 saturated carbocycles. The lowest BCUT2D eigenvalue weighted by atomic mass is 10.1. The van der Waals surface area contributed by atoms with Gasteiger partial charge in [0.1, 0.15) is 17.1 Å². The molecule has 0 spiro atoms. The van der Waals surface area contributed by atoms with Gasteiger partial charge < -0.3 is 14.8 Å². The van der Waals surface area contributed by atoms with Gasteiger partial charge in [-0.2, -0.15) is 0 Å². The number of furan rings is 1. The maximum Gasteiger partial charge on any atom is 0.255 e. The molecular formula is C13H15NO3. The molecule has 4 heteroatoms. The Morgan fingerprint density at radius 3 is 2.94 bits per heavy atom. The summed E-state index contributed by atoms with van der Waals surface area (Å²) >= 11 is 0. The van der Waals surface area contributed by atoms with E-state index >= 15 is 0 Å². The van der Waals surface area contributed by atoms with Gasteiger partial charge in [-0.05, 0) is 25.5 Å². The van der Waals surface area contributed by atoms with Gasteiger partial charge in [-0.25, -0.2) is 0 Å². The number of fused-ring (bicyclic) bond motifs is 1. The molecule has 1 aromatic carbocycles. The summed E-state index contributed by atoms with van der Waals surface area (Å²) in [6.07, 6.45) is 0.890. The number of aromatic hydroxyl groups is 1. The number of nitrogens with one attached hydrogen (secondary N) is 1. The fourth-order valence-corrected chi connectivity index (χ4v) is 1.82. The molecule has 0 saturated heterocycles. The summed E-state index contributed by atoms with van der Waals surface area (Å²) in [5.74, 6) is 0.569. The molecule has 17 heavy (non-hydrogen) atoms. The minimum atomic E-state index is -0.131. The van der Waals surface area contributed by atoms with Gasteiger partial charge in [-0.1, -0.05) is 6.92 Å². The van der Waals surface area contributed by atoms with Crippen LogP contribution in [0.1, 0.15) is 29.5 Å². The zero-order valence-electron chi connectivity index (χ0n) is 9.91. The highest BCUT2D eigenvalue weighted by atomic mass is 16.3. The fraction of sp³-hybridized carbons (Fsp3) is 0.308. The van der Waals surface area contributed by atoms with E-state index in [4.69, 9.17) is 4.42 Å². The fourth-order valence-electron chi connectivity index (χ4n) is 1.82. The van der Waals surface area contributed by atoms with Gasteiger partial charge in [-0.3, -0.25) is 4.79 Å². The van der Waals surface area contributed by atoms with Crippen molar-refractivity contribution in [1.82, 2.24) is 5.32 Å². The quantitative estimate of drug-likeness (QED) is 0.856. The Balaban J connectivity index is 2.46. The number of hydrogen-bond donors (Lipinski definition) is 2. The Labute approximate surface area is 99.2 Å². The molecule has 0 aliphatic carbocycles. The van der Waals surface area contributed by atoms with E-state index in [9.17, 15) is 9.90 Å². The van der Waals surface area contributed by atoms with Crippen molar-refractivity contribution in [2.75, 3.05) is 6.54 Å². The van der Waals surface area contributed by atoms with Crippen LogP contribution < -0.4 is 5.32 Å². The molecule has 2 rings (SSSR count). The molecule has 1 amide bonds. The number of rotatable bonds is 3. The predicted molar refractivity (Wildman–Crippen MR) is 65.2 cm³/mol. The second kappa shape index (κ2) is 4.49. The first-order valence-electron chi connectivity index (χ1n) is 5.63. The maximum atomic E-state index is 12.0. The molecule has 0 bridgehead atoms. The summed E-state index contributed by atoms with van der Waals surface area (Å²) in [5.41, 5.74) is 1.08. The zero-order valence-corrected chi connectivity index (χ0v) is 9.91. The summed E-state index contributed by atoms with van der Waals surface area (Å²) < 4.78 is 5.46. The van der Waals surface area contributed by atoms with Crippen molar-refractivity contribution in [2.45, 2.75) is 20.3 Å². The predicted octanol–water partition coefficient (Wildman–Crippen LogP) is 2.59. The van der Waals surface area contributed by atoms with Crippen LogP contribution >= 0.6 is 0 Å². The van der Waals surface area contributed by atoms with Gasteiger partial charge in [0.05, 0.1) is 5.56 Å². The minimum Gasteiger partial charge on any atom is -0.508 e. The summed E-state index contributed by atoms with van der Waals surface area (Å²) in [7, 11) is 0. The van der Waals surface area contributed by atoms with E-state index in [1.165, 1.54) is 6.07 Å². The molecule has 90 valence electrons. The van der Waals surface area contributed by atoms with Gasteiger partial charge in [-0.15, -0.1) is 0 Å². The van der Waals surface area contributed by atoms with Crippen molar-refractivity contribution in [3.8, 4) is 5.75 Å². The largest absolute Gasteiger partial charge is 0.508 e. The van der Waals surface area contributed by atoms with Crippen molar-refractivity contribution in [3.05, 3.63) is 29.5 Å². The van der Waals surface area contributed by atoms with Crippen molar-refractivity contribution in [2.24, 2.45) is 0 Å². The summed E-state index contributed by atoms with van der Waals surface area (Å²) in [4.78, 5) is 12.0. The highest BCUT2D eigenvalue weighted by molar-refractivity contribution is 6.07. The van der Waals surface area contributed by atoms with Crippen LogP contribution in [0.4, 0.5) is 0 Å². The Kier molecular flexibility index (Phi) is 3.04. The van der Waals surface area contributed by atoms with E-state index in [1.807, 2.05) is 6.92 Å². The minimum absolute atomic E-state index is 0.131. The molecule has 0 aliphatic rings. The monoisotopic (exact) mass is 233 g/mol. The maximum absolute atomic E-state index is 12.0. The van der Waals surface area contributed by atoms with Crippen molar-refractivity contribution in [3.63, 3.8) is 0 Å². The topological polar surface area (TPSA) is 62.5 Å². The number of phenols is 1. The Morgan fingerprint density at radius 2 is 2.24 bits per heavy atom. The average molecular weight is 233 g/mol. The standard InChI is InChI=1S/C13H15NO3/c1-3-6-14-13(16)12-8(2)17-11-7-9(15)4-5-10(11)12/h4-5,7,15H,3,6H2,1-2H3,(H,14,16). The molecular weight excluding hydrogens is 218 g/mol. The summed E-state index contributed by atoms with van der Waals surface area (Å²) in [5, 5.41) is 12.9. The van der Waals surface area contributed by atoms with Crippen LogP contribution in [-0.2, 0) is 0 Å². The number of carbonyl (C=O) groups excluding carboxylic acids is 1. The summed E-state index contributed by atoms with van der Waals surface area (Å²) in [6.45, 7) is 4.39. The van der Waals surface area contributed by atoms with Crippen molar-refractivity contribution >= 4 is 16.9 Å². The number of carbonyl (C=O) groups is 1. The highest BCUT2D eigenvalue weighted by Gasteiger charge is 2.17. The number of amides is 1. The van der Waals surface area contributed by atoms with Crippen LogP contribution in [0.25, 0.3) is 11.0 Å². The van der Waals surface area contributed by atoms with Gasteiger partial charge in [0, 0.05) is 18.0 Å². The average Bonchev–Trinajstić information content (AvgIpc) is 2.61. The van der Waals surface area contributed by atoms with Crippen molar-refractivity contribution in [1.29, 1.82) is 0 Å². The zero-order chi connectivity index (χ0) is 12.4. The molecule has 0 unspecified atom stereocenters. The first-order valence-corrected chi connectivity index (χ1v) is 5.63. The number of benzene rings is 1. The van der Waals surface area contributed by atoms with Crippen LogP contribution in [0, 0.1) is 6.92 Å². The third-order valence-corrected chi connectivity index (χ3v) is 2.61. The highest BCUT2D eigenvalue weighted by Crippen LogP contribution is 2.28. The van der Waals surface area contributed by atoms with Crippen molar-refractivity contribution < 1.29 is 14.3 Å². The summed E-state index contributed by atoms with van der Waals surface area (Å²) in [6, 6.07) is 4.76. The molecule has 0 atom stereocenters. The first kappa shape index (κ1) is 11.5. The van der Waals surface area contributed by atoms with E-state index in [1.54, 1.807) is 19.1 Å². The molecule has 0 aliphatic heterocycles.